The van der Waals surface area contributed by atoms with Crippen LogP contribution in [0.25, 0.3) is 0 Å². The number of carbonyl (C=O) groups is 4. The number of hydrogen-bond donors (Lipinski definition) is 4. The first-order valence-electron chi connectivity index (χ1n) is 9.27. The minimum Gasteiger partial charge on any atom is -0.350 e. The second-order valence-electron chi connectivity index (χ2n) is 6.98. The Kier molecular flexibility index (Phi) is 9.64. The Morgan fingerprint density at radius 1 is 1.07 bits per heavy atom. The molecule has 1 aromatic carbocycles. The van der Waals surface area contributed by atoms with Gasteiger partial charge in [-0.15, -0.1) is 0 Å². The fourth-order valence-corrected chi connectivity index (χ4v) is 2.56. The zero-order chi connectivity index (χ0) is 22.0. The molecule has 0 aromatic heterocycles. The lowest BCUT2D eigenvalue weighted by Gasteiger charge is -2.24. The van der Waals surface area contributed by atoms with Crippen molar-refractivity contribution in [2.75, 3.05) is 0 Å². The highest BCUT2D eigenvalue weighted by molar-refractivity contribution is 6.26. The van der Waals surface area contributed by atoms with Crippen LogP contribution in [0.3, 0.4) is 0 Å². The van der Waals surface area contributed by atoms with Crippen LogP contribution in [0.2, 0.25) is 0 Å². The Hall–Kier alpha value is -3.10. The maximum Gasteiger partial charge on any atom is 0.243 e. The normalized spacial score (nSPS) is 12.6. The molecule has 9 heteroatoms. The van der Waals surface area contributed by atoms with E-state index >= 15 is 0 Å². The Bertz CT molecular complexity index is 749. The number of Topliss-reactive ketones (excluding diaryl/α,β-unsaturated/α-hetero) is 1. The molecule has 0 spiro atoms. The molecule has 0 unspecified atom stereocenters. The van der Waals surface area contributed by atoms with Gasteiger partial charge in [0, 0.05) is 19.9 Å². The van der Waals surface area contributed by atoms with Crippen LogP contribution >= 0.6 is 0 Å². The second-order valence-corrected chi connectivity index (χ2v) is 6.98. The average molecular weight is 406 g/mol. The number of amides is 3. The van der Waals surface area contributed by atoms with Crippen LogP contribution in [0.15, 0.2) is 24.3 Å². The molecule has 0 saturated carbocycles. The number of benzene rings is 1. The van der Waals surface area contributed by atoms with Crippen molar-refractivity contribution in [3.8, 4) is 0 Å². The maximum atomic E-state index is 13.0. The lowest BCUT2D eigenvalue weighted by atomic mass is 10.0. The number of hydrogen-bond acceptors (Lipinski definition) is 5. The average Bonchev–Trinajstić information content (AvgIpc) is 2.67. The first-order chi connectivity index (χ1) is 13.6. The molecule has 0 aliphatic carbocycles. The second kappa shape index (κ2) is 11.7. The van der Waals surface area contributed by atoms with Crippen LogP contribution < -0.4 is 16.0 Å². The first kappa shape index (κ1) is 23.9. The van der Waals surface area contributed by atoms with Crippen LogP contribution in [0, 0.1) is 17.1 Å². The van der Waals surface area contributed by atoms with Crippen LogP contribution in [-0.4, -0.2) is 41.8 Å². The summed E-state index contributed by atoms with van der Waals surface area (Å²) in [4.78, 5) is 48.0. The van der Waals surface area contributed by atoms with Crippen LogP contribution in [0.1, 0.15) is 39.2 Å². The van der Waals surface area contributed by atoms with Crippen molar-refractivity contribution in [2.45, 2.75) is 52.2 Å². The quantitative estimate of drug-likeness (QED) is 0.410. The summed E-state index contributed by atoms with van der Waals surface area (Å²) in [6.45, 7) is 4.91. The fourth-order valence-electron chi connectivity index (χ4n) is 2.56. The molecule has 0 fully saturated rings. The molecule has 0 heterocycles. The number of halogens is 1. The molecule has 158 valence electrons. The summed E-state index contributed by atoms with van der Waals surface area (Å²) in [6, 6.07) is 3.72. The molecule has 8 nitrogen and oxygen atoms in total. The van der Waals surface area contributed by atoms with E-state index in [0.29, 0.717) is 11.8 Å². The third-order valence-corrected chi connectivity index (χ3v) is 4.16. The van der Waals surface area contributed by atoms with Gasteiger partial charge >= 0.3 is 0 Å². The molecule has 3 amide bonds. The van der Waals surface area contributed by atoms with Crippen molar-refractivity contribution in [3.05, 3.63) is 35.6 Å². The van der Waals surface area contributed by atoms with Gasteiger partial charge in [0.05, 0.1) is 6.21 Å². The summed E-state index contributed by atoms with van der Waals surface area (Å²) in [7, 11) is 0. The van der Waals surface area contributed by atoms with Crippen molar-refractivity contribution in [3.63, 3.8) is 0 Å². The molecular weight excluding hydrogens is 379 g/mol. The van der Waals surface area contributed by atoms with E-state index in [9.17, 15) is 23.6 Å². The minimum atomic E-state index is -1.03. The summed E-state index contributed by atoms with van der Waals surface area (Å²) in [6.07, 6.45) is 0.564. The Labute approximate surface area is 169 Å². The van der Waals surface area contributed by atoms with E-state index in [4.69, 9.17) is 5.41 Å². The van der Waals surface area contributed by atoms with Crippen molar-refractivity contribution in [1.29, 1.82) is 5.41 Å². The highest BCUT2D eigenvalue weighted by Crippen LogP contribution is 2.06. The van der Waals surface area contributed by atoms with Crippen molar-refractivity contribution in [2.24, 2.45) is 5.92 Å². The predicted molar refractivity (Wildman–Crippen MR) is 106 cm³/mol. The van der Waals surface area contributed by atoms with Gasteiger partial charge < -0.3 is 21.4 Å². The molecule has 1 aromatic rings. The highest BCUT2D eigenvalue weighted by Gasteiger charge is 2.28. The minimum absolute atomic E-state index is 0.0000904. The van der Waals surface area contributed by atoms with Gasteiger partial charge in [-0.05, 0) is 30.0 Å². The molecule has 0 aliphatic rings. The number of rotatable bonds is 11. The SMILES string of the molecule is CC(=O)N[C@H](C(=O)N[C@@H](CCC(=O)C=N)C(=O)NCc1ccc(F)cc1)C(C)C. The Balaban J connectivity index is 2.84. The zero-order valence-corrected chi connectivity index (χ0v) is 16.8. The molecule has 1 rings (SSSR count). The van der Waals surface area contributed by atoms with Gasteiger partial charge in [0.2, 0.25) is 17.7 Å². The highest BCUT2D eigenvalue weighted by atomic mass is 19.1. The summed E-state index contributed by atoms with van der Waals surface area (Å²) < 4.78 is 13.0. The maximum absolute atomic E-state index is 13.0. The molecule has 0 radical (unpaired) electrons. The summed E-state index contributed by atoms with van der Waals surface area (Å²) in [5.41, 5.74) is 0.665. The van der Waals surface area contributed by atoms with Crippen LogP contribution in [-0.2, 0) is 25.7 Å². The zero-order valence-electron chi connectivity index (χ0n) is 16.8. The van der Waals surface area contributed by atoms with E-state index in [0.717, 1.165) is 0 Å². The summed E-state index contributed by atoms with van der Waals surface area (Å²) in [5.74, 6) is -2.53. The third kappa shape index (κ3) is 8.63. The summed E-state index contributed by atoms with van der Waals surface area (Å²) in [5, 5.41) is 14.7. The van der Waals surface area contributed by atoms with Crippen molar-refractivity contribution >= 4 is 29.7 Å². The molecule has 0 bridgehead atoms. The van der Waals surface area contributed by atoms with E-state index in [-0.39, 0.29) is 31.2 Å². The topological polar surface area (TPSA) is 128 Å². The van der Waals surface area contributed by atoms with Gasteiger partial charge in [0.15, 0.2) is 5.78 Å². The molecule has 0 aliphatic heterocycles. The van der Waals surface area contributed by atoms with Gasteiger partial charge in [0.1, 0.15) is 17.9 Å². The van der Waals surface area contributed by atoms with E-state index < -0.39 is 35.5 Å². The molecule has 29 heavy (non-hydrogen) atoms. The van der Waals surface area contributed by atoms with Gasteiger partial charge in [-0.1, -0.05) is 26.0 Å². The Morgan fingerprint density at radius 2 is 1.69 bits per heavy atom. The van der Waals surface area contributed by atoms with E-state index in [1.54, 1.807) is 13.8 Å². The smallest absolute Gasteiger partial charge is 0.243 e. The summed E-state index contributed by atoms with van der Waals surface area (Å²) >= 11 is 0. The predicted octanol–water partition coefficient (Wildman–Crippen LogP) is 1.09. The van der Waals surface area contributed by atoms with Gasteiger partial charge in [0.25, 0.3) is 0 Å². The molecule has 0 saturated heterocycles. The monoisotopic (exact) mass is 406 g/mol. The number of nitrogens with one attached hydrogen (secondary N) is 4. The molecule has 2 atom stereocenters. The number of carbonyl (C=O) groups excluding carboxylic acids is 4. The molecular formula is C20H27FN4O4. The van der Waals surface area contributed by atoms with E-state index in [2.05, 4.69) is 16.0 Å². The van der Waals surface area contributed by atoms with E-state index in [1.165, 1.54) is 31.2 Å². The Morgan fingerprint density at radius 3 is 2.21 bits per heavy atom. The van der Waals surface area contributed by atoms with Crippen molar-refractivity contribution < 1.29 is 23.6 Å². The van der Waals surface area contributed by atoms with Gasteiger partial charge in [-0.25, -0.2) is 4.39 Å². The van der Waals surface area contributed by atoms with Gasteiger partial charge in [-0.2, -0.15) is 0 Å². The number of ketones is 1. The first-order valence-corrected chi connectivity index (χ1v) is 9.27. The third-order valence-electron chi connectivity index (χ3n) is 4.16. The van der Waals surface area contributed by atoms with Gasteiger partial charge in [-0.3, -0.25) is 19.2 Å². The molecule has 4 N–H and O–H groups in total. The lowest BCUT2D eigenvalue weighted by molar-refractivity contribution is -0.132. The van der Waals surface area contributed by atoms with Crippen molar-refractivity contribution in [1.82, 2.24) is 16.0 Å². The van der Waals surface area contributed by atoms with Crippen LogP contribution in [0.4, 0.5) is 4.39 Å². The largest absolute Gasteiger partial charge is 0.350 e. The van der Waals surface area contributed by atoms with Crippen LogP contribution in [0.5, 0.6) is 0 Å². The fraction of sp³-hybridized carbons (Fsp3) is 0.450. The standard InChI is InChI=1S/C20H27FN4O4/c1-12(2)18(24-13(3)26)20(29)25-17(9-8-16(27)10-22)19(28)23-11-14-4-6-15(21)7-5-14/h4-7,10,12,17-18,22H,8-9,11H2,1-3H3,(H,23,28)(H,24,26)(H,25,29)/t17-,18-/m0/s1. The lowest BCUT2D eigenvalue weighted by Crippen LogP contribution is -2.55. The van der Waals surface area contributed by atoms with E-state index in [1.807, 2.05) is 0 Å².